The summed E-state index contributed by atoms with van der Waals surface area (Å²) >= 11 is 0. The average Bonchev–Trinajstić information content (AvgIpc) is 1.84. The summed E-state index contributed by atoms with van der Waals surface area (Å²) in [6.45, 7) is -1.05. The zero-order valence-electron chi connectivity index (χ0n) is 4.86. The number of aliphatic hydroxyl groups is 4. The maximum absolute atomic E-state index is 8.47. The number of rotatable bonds is 3. The highest BCUT2D eigenvalue weighted by Crippen LogP contribution is 1.88. The second kappa shape index (κ2) is 6.31. The molecule has 0 unspecified atom stereocenters. The molecule has 0 spiro atoms. The zero-order chi connectivity index (χ0) is 6.57. The Balaban J connectivity index is 0. The van der Waals surface area contributed by atoms with Crippen LogP contribution < -0.4 is 0 Å². The van der Waals surface area contributed by atoms with Crippen LogP contribution in [-0.4, -0.2) is 45.8 Å². The Morgan fingerprint density at radius 3 is 1.22 bits per heavy atom. The molecule has 0 heterocycles. The van der Waals surface area contributed by atoms with Crippen molar-refractivity contribution >= 4 is 13.5 Å². The van der Waals surface area contributed by atoms with Crippen molar-refractivity contribution < 1.29 is 20.4 Å². The van der Waals surface area contributed by atoms with Gasteiger partial charge in [0.25, 0.3) is 0 Å². The van der Waals surface area contributed by atoms with Gasteiger partial charge in [0.15, 0.2) is 0 Å². The van der Waals surface area contributed by atoms with Gasteiger partial charge in [-0.1, -0.05) is 0 Å². The number of aliphatic hydroxyl groups excluding tert-OH is 4. The van der Waals surface area contributed by atoms with E-state index in [1.54, 1.807) is 0 Å². The van der Waals surface area contributed by atoms with Gasteiger partial charge in [0.2, 0.25) is 0 Å². The first-order valence-corrected chi connectivity index (χ1v) is 2.30. The van der Waals surface area contributed by atoms with Crippen LogP contribution in [0.15, 0.2) is 0 Å². The van der Waals surface area contributed by atoms with E-state index < -0.39 is 25.4 Å². The molecule has 0 aliphatic heterocycles. The van der Waals surface area contributed by atoms with Gasteiger partial charge in [0.05, 0.1) is 13.2 Å². The molecule has 0 aromatic carbocycles. The molecule has 0 aromatic heterocycles. The Bertz CT molecular complexity index is 52.5. The molecular weight excluding hydrogens is 144 g/mol. The van der Waals surface area contributed by atoms with Crippen molar-refractivity contribution in [1.82, 2.24) is 0 Å². The highest BCUT2D eigenvalue weighted by molar-refractivity contribution is 7.59. The fourth-order valence-corrected chi connectivity index (χ4v) is 0.243. The van der Waals surface area contributed by atoms with E-state index in [2.05, 4.69) is 0 Å². The SMILES string of the molecule is OC[C@@H](O)[C@H](O)CO.S. The molecule has 0 fully saturated rings. The topological polar surface area (TPSA) is 80.9 Å². The van der Waals surface area contributed by atoms with Crippen molar-refractivity contribution in [3.05, 3.63) is 0 Å². The van der Waals surface area contributed by atoms with E-state index in [1.807, 2.05) is 0 Å². The van der Waals surface area contributed by atoms with Crippen LogP contribution in [-0.2, 0) is 0 Å². The molecule has 0 saturated heterocycles. The summed E-state index contributed by atoms with van der Waals surface area (Å²) in [5.41, 5.74) is 0. The summed E-state index contributed by atoms with van der Waals surface area (Å²) < 4.78 is 0. The summed E-state index contributed by atoms with van der Waals surface area (Å²) in [6, 6.07) is 0. The van der Waals surface area contributed by atoms with Gasteiger partial charge in [-0.3, -0.25) is 0 Å². The van der Waals surface area contributed by atoms with Crippen molar-refractivity contribution in [1.29, 1.82) is 0 Å². The van der Waals surface area contributed by atoms with Gasteiger partial charge < -0.3 is 20.4 Å². The largest absolute Gasteiger partial charge is 0.394 e. The molecule has 0 bridgehead atoms. The summed E-state index contributed by atoms with van der Waals surface area (Å²) in [6.07, 6.45) is -2.44. The molecule has 0 aliphatic rings. The van der Waals surface area contributed by atoms with Crippen LogP contribution in [0.1, 0.15) is 0 Å². The first-order chi connectivity index (χ1) is 3.72. The highest BCUT2D eigenvalue weighted by atomic mass is 32.1. The van der Waals surface area contributed by atoms with Crippen molar-refractivity contribution in [2.75, 3.05) is 13.2 Å². The monoisotopic (exact) mass is 156 g/mol. The van der Waals surface area contributed by atoms with Crippen molar-refractivity contribution in [3.8, 4) is 0 Å². The van der Waals surface area contributed by atoms with Gasteiger partial charge in [-0.15, -0.1) is 0 Å². The lowest BCUT2D eigenvalue weighted by molar-refractivity contribution is -0.0388. The van der Waals surface area contributed by atoms with Crippen LogP contribution in [0.2, 0.25) is 0 Å². The summed E-state index contributed by atoms with van der Waals surface area (Å²) in [5.74, 6) is 0. The van der Waals surface area contributed by atoms with Crippen molar-refractivity contribution in [2.24, 2.45) is 0 Å². The first-order valence-electron chi connectivity index (χ1n) is 2.30. The molecule has 0 rings (SSSR count). The number of hydrogen-bond donors (Lipinski definition) is 4. The van der Waals surface area contributed by atoms with Gasteiger partial charge >= 0.3 is 0 Å². The van der Waals surface area contributed by atoms with E-state index in [1.165, 1.54) is 0 Å². The smallest absolute Gasteiger partial charge is 0.105 e. The maximum atomic E-state index is 8.47. The first kappa shape index (κ1) is 11.9. The maximum Gasteiger partial charge on any atom is 0.105 e. The minimum Gasteiger partial charge on any atom is -0.394 e. The Morgan fingerprint density at radius 2 is 1.11 bits per heavy atom. The van der Waals surface area contributed by atoms with Crippen molar-refractivity contribution in [3.63, 3.8) is 0 Å². The van der Waals surface area contributed by atoms with Crippen LogP contribution >= 0.6 is 13.5 Å². The third kappa shape index (κ3) is 4.68. The second-order valence-electron chi connectivity index (χ2n) is 1.50. The molecule has 9 heavy (non-hydrogen) atoms. The standard InChI is InChI=1S/C4H10O4.H2S/c5-1-3(7)4(8)2-6;/h3-8H,1-2H2;1H2/t3-,4-;/m1./s1. The fourth-order valence-electron chi connectivity index (χ4n) is 0.243. The normalized spacial score (nSPS) is 16.0. The van der Waals surface area contributed by atoms with E-state index in [0.29, 0.717) is 0 Å². The van der Waals surface area contributed by atoms with Crippen LogP contribution in [0.25, 0.3) is 0 Å². The Labute approximate surface area is 60.2 Å². The molecule has 0 saturated carbocycles. The van der Waals surface area contributed by atoms with Gasteiger partial charge in [0.1, 0.15) is 12.2 Å². The van der Waals surface area contributed by atoms with Crippen LogP contribution in [0.5, 0.6) is 0 Å². The Kier molecular flexibility index (Phi) is 8.36. The quantitative estimate of drug-likeness (QED) is 0.374. The summed E-state index contributed by atoms with van der Waals surface area (Å²) in [4.78, 5) is 0. The van der Waals surface area contributed by atoms with Gasteiger partial charge in [-0.25, -0.2) is 0 Å². The van der Waals surface area contributed by atoms with E-state index in [-0.39, 0.29) is 13.5 Å². The predicted octanol–water partition coefficient (Wildman–Crippen LogP) is -2.19. The molecule has 0 radical (unpaired) electrons. The minimum absolute atomic E-state index is 0. The summed E-state index contributed by atoms with van der Waals surface area (Å²) in [7, 11) is 0. The van der Waals surface area contributed by atoms with E-state index in [4.69, 9.17) is 20.4 Å². The zero-order valence-corrected chi connectivity index (χ0v) is 5.86. The lowest BCUT2D eigenvalue weighted by atomic mass is 10.2. The molecule has 0 amide bonds. The van der Waals surface area contributed by atoms with E-state index in [9.17, 15) is 0 Å². The lowest BCUT2D eigenvalue weighted by Crippen LogP contribution is -2.31. The van der Waals surface area contributed by atoms with Gasteiger partial charge in [0, 0.05) is 0 Å². The second-order valence-corrected chi connectivity index (χ2v) is 1.50. The molecule has 0 aliphatic carbocycles. The van der Waals surface area contributed by atoms with Gasteiger partial charge in [-0.05, 0) is 0 Å². The molecule has 2 atom stereocenters. The molecule has 0 aromatic rings. The van der Waals surface area contributed by atoms with Crippen LogP contribution in [0.4, 0.5) is 0 Å². The molecule has 58 valence electrons. The third-order valence-corrected chi connectivity index (χ3v) is 0.818. The Morgan fingerprint density at radius 1 is 0.889 bits per heavy atom. The third-order valence-electron chi connectivity index (χ3n) is 0.818. The average molecular weight is 156 g/mol. The van der Waals surface area contributed by atoms with Crippen LogP contribution in [0.3, 0.4) is 0 Å². The number of hydrogen-bond acceptors (Lipinski definition) is 4. The van der Waals surface area contributed by atoms with E-state index >= 15 is 0 Å². The lowest BCUT2D eigenvalue weighted by Gasteiger charge is -2.10. The Hall–Kier alpha value is 0.190. The molecular formula is C4H12O4S. The minimum atomic E-state index is -1.22. The van der Waals surface area contributed by atoms with E-state index in [0.717, 1.165) is 0 Å². The van der Waals surface area contributed by atoms with Gasteiger partial charge in [-0.2, -0.15) is 13.5 Å². The molecule has 5 heteroatoms. The predicted molar refractivity (Wildman–Crippen MR) is 36.6 cm³/mol. The van der Waals surface area contributed by atoms with Crippen LogP contribution in [0, 0.1) is 0 Å². The summed E-state index contributed by atoms with van der Waals surface area (Å²) in [5, 5.41) is 33.2. The highest BCUT2D eigenvalue weighted by Gasteiger charge is 2.12. The molecule has 4 nitrogen and oxygen atoms in total. The molecule has 4 N–H and O–H groups in total. The van der Waals surface area contributed by atoms with Crippen molar-refractivity contribution in [2.45, 2.75) is 12.2 Å². The fraction of sp³-hybridized carbons (Fsp3) is 1.00.